The summed E-state index contributed by atoms with van der Waals surface area (Å²) in [7, 11) is 0. The molecule has 0 saturated carbocycles. The average Bonchev–Trinajstić information content (AvgIpc) is 3.32. The second kappa shape index (κ2) is 13.6. The molecule has 0 radical (unpaired) electrons. The van der Waals surface area contributed by atoms with E-state index < -0.39 is 23.7 Å². The van der Waals surface area contributed by atoms with Crippen molar-refractivity contribution in [1.82, 2.24) is 5.32 Å². The van der Waals surface area contributed by atoms with Crippen LogP contribution in [0.3, 0.4) is 0 Å². The number of amides is 1. The third-order valence-corrected chi connectivity index (χ3v) is 7.34. The Hall–Kier alpha value is -4.91. The van der Waals surface area contributed by atoms with Crippen molar-refractivity contribution in [1.29, 1.82) is 0 Å². The normalized spacial score (nSPS) is 12.9. The van der Waals surface area contributed by atoms with Gasteiger partial charge in [-0.1, -0.05) is 103 Å². The van der Waals surface area contributed by atoms with Gasteiger partial charge in [0.1, 0.15) is 24.9 Å². The minimum Gasteiger partial charge on any atom is -0.460 e. The van der Waals surface area contributed by atoms with E-state index in [1.807, 2.05) is 99.6 Å². The van der Waals surface area contributed by atoms with Gasteiger partial charge in [-0.15, -0.1) is 0 Å². The van der Waals surface area contributed by atoms with Crippen molar-refractivity contribution in [2.24, 2.45) is 0 Å². The Kier molecular flexibility index (Phi) is 9.44. The minimum absolute atomic E-state index is 0.0707. The van der Waals surface area contributed by atoms with Crippen LogP contribution < -0.4 is 5.32 Å². The first kappa shape index (κ1) is 30.5. The second-order valence-electron chi connectivity index (χ2n) is 11.9. The summed E-state index contributed by atoms with van der Waals surface area (Å²) >= 11 is 0. The highest BCUT2D eigenvalue weighted by molar-refractivity contribution is 5.82. The van der Waals surface area contributed by atoms with E-state index >= 15 is 0 Å². The lowest BCUT2D eigenvalue weighted by molar-refractivity contribution is -0.154. The van der Waals surface area contributed by atoms with Crippen molar-refractivity contribution in [2.75, 3.05) is 6.61 Å². The van der Waals surface area contributed by atoms with Crippen molar-refractivity contribution in [2.45, 2.75) is 57.8 Å². The van der Waals surface area contributed by atoms with Gasteiger partial charge in [0.15, 0.2) is 0 Å². The smallest absolute Gasteiger partial charge is 0.407 e. The highest BCUT2D eigenvalue weighted by atomic mass is 16.6. The van der Waals surface area contributed by atoms with E-state index in [0.29, 0.717) is 0 Å². The zero-order valence-electron chi connectivity index (χ0n) is 25.2. The van der Waals surface area contributed by atoms with Gasteiger partial charge in [-0.3, -0.25) is 4.79 Å². The molecule has 1 aliphatic carbocycles. The molecule has 0 aliphatic heterocycles. The molecule has 4 aromatic carbocycles. The first-order valence-electron chi connectivity index (χ1n) is 14.8. The summed E-state index contributed by atoms with van der Waals surface area (Å²) < 4.78 is 16.8. The average molecular weight is 592 g/mol. The number of benzene rings is 4. The third kappa shape index (κ3) is 7.92. The first-order chi connectivity index (χ1) is 21.2. The summed E-state index contributed by atoms with van der Waals surface area (Å²) in [6.45, 7) is 5.66. The highest BCUT2D eigenvalue weighted by Crippen LogP contribution is 2.44. The van der Waals surface area contributed by atoms with Gasteiger partial charge in [-0.25, -0.2) is 9.59 Å². The molecular formula is C37H37NO6. The Morgan fingerprint density at radius 3 is 1.98 bits per heavy atom. The number of rotatable bonds is 10. The van der Waals surface area contributed by atoms with E-state index in [1.54, 1.807) is 0 Å². The molecule has 7 heteroatoms. The standard InChI is InChI=1S/C37H37NO6/c1-37(2,3)44-34(39)22-27-15-11-14-26(20-27)21-33(35(40)42-23-25-12-5-4-6-13-25)38-36(41)43-24-32-30-18-9-7-16-28(30)29-17-8-10-19-31(29)32/h4-20,32-33H,21-24H2,1-3H3,(H,38,41)/t33-/m0/s1. The van der Waals surface area contributed by atoms with Gasteiger partial charge in [-0.2, -0.15) is 0 Å². The van der Waals surface area contributed by atoms with Crippen LogP contribution in [0.5, 0.6) is 0 Å². The van der Waals surface area contributed by atoms with Gasteiger partial charge in [0, 0.05) is 12.3 Å². The summed E-state index contributed by atoms with van der Waals surface area (Å²) in [6.07, 6.45) is -0.466. The van der Waals surface area contributed by atoms with Crippen molar-refractivity contribution in [3.05, 3.63) is 131 Å². The van der Waals surface area contributed by atoms with Crippen LogP contribution >= 0.6 is 0 Å². The SMILES string of the molecule is CC(C)(C)OC(=O)Cc1cccc(C[C@H](NC(=O)OCC2c3ccccc3-c3ccccc32)C(=O)OCc2ccccc2)c1. The highest BCUT2D eigenvalue weighted by Gasteiger charge is 2.30. The van der Waals surface area contributed by atoms with E-state index in [9.17, 15) is 14.4 Å². The van der Waals surface area contributed by atoms with Crippen LogP contribution in [0.25, 0.3) is 11.1 Å². The monoisotopic (exact) mass is 591 g/mol. The maximum atomic E-state index is 13.3. The molecule has 0 fully saturated rings. The van der Waals surface area contributed by atoms with Crippen molar-refractivity contribution in [3.63, 3.8) is 0 Å². The molecule has 0 spiro atoms. The van der Waals surface area contributed by atoms with Gasteiger partial charge in [0.05, 0.1) is 6.42 Å². The number of alkyl carbamates (subject to hydrolysis) is 1. The van der Waals surface area contributed by atoms with Gasteiger partial charge in [0.2, 0.25) is 0 Å². The molecule has 1 amide bonds. The predicted octanol–water partition coefficient (Wildman–Crippen LogP) is 6.76. The minimum atomic E-state index is -1.01. The van der Waals surface area contributed by atoms with Crippen molar-refractivity contribution < 1.29 is 28.6 Å². The first-order valence-corrected chi connectivity index (χ1v) is 14.8. The Morgan fingerprint density at radius 1 is 0.727 bits per heavy atom. The number of fused-ring (bicyclic) bond motifs is 3. The van der Waals surface area contributed by atoms with Crippen LogP contribution in [0.4, 0.5) is 4.79 Å². The van der Waals surface area contributed by atoms with E-state index in [4.69, 9.17) is 14.2 Å². The van der Waals surface area contributed by atoms with E-state index in [1.165, 1.54) is 0 Å². The van der Waals surface area contributed by atoms with E-state index in [2.05, 4.69) is 29.6 Å². The Labute approximate surface area is 258 Å². The number of ether oxygens (including phenoxy) is 3. The van der Waals surface area contributed by atoms with Crippen LogP contribution in [-0.4, -0.2) is 36.3 Å². The van der Waals surface area contributed by atoms with Crippen LogP contribution in [0.2, 0.25) is 0 Å². The third-order valence-electron chi connectivity index (χ3n) is 7.34. The molecule has 0 bridgehead atoms. The lowest BCUT2D eigenvalue weighted by atomic mass is 9.98. The molecule has 1 N–H and O–H groups in total. The Bertz CT molecular complexity index is 1580. The molecular weight excluding hydrogens is 554 g/mol. The Balaban J connectivity index is 1.28. The van der Waals surface area contributed by atoms with E-state index in [-0.39, 0.29) is 37.9 Å². The lowest BCUT2D eigenvalue weighted by Crippen LogP contribution is -2.44. The molecule has 44 heavy (non-hydrogen) atoms. The number of carbonyl (C=O) groups is 3. The topological polar surface area (TPSA) is 90.9 Å². The number of hydrogen-bond acceptors (Lipinski definition) is 6. The summed E-state index contributed by atoms with van der Waals surface area (Å²) in [5, 5.41) is 2.74. The largest absolute Gasteiger partial charge is 0.460 e. The number of hydrogen-bond donors (Lipinski definition) is 1. The molecule has 4 aromatic rings. The second-order valence-corrected chi connectivity index (χ2v) is 11.9. The van der Waals surface area contributed by atoms with Crippen LogP contribution in [0.15, 0.2) is 103 Å². The Morgan fingerprint density at radius 2 is 1.32 bits per heavy atom. The number of carbonyl (C=O) groups excluding carboxylic acids is 3. The molecule has 1 atom stereocenters. The van der Waals surface area contributed by atoms with Gasteiger partial charge < -0.3 is 19.5 Å². The molecule has 0 unspecified atom stereocenters. The fourth-order valence-electron chi connectivity index (χ4n) is 5.45. The van der Waals surface area contributed by atoms with Crippen molar-refractivity contribution >= 4 is 18.0 Å². The van der Waals surface area contributed by atoms with Crippen LogP contribution in [-0.2, 0) is 43.2 Å². The predicted molar refractivity (Wildman–Crippen MR) is 168 cm³/mol. The molecule has 5 rings (SSSR count). The van der Waals surface area contributed by atoms with Gasteiger partial charge >= 0.3 is 18.0 Å². The number of esters is 2. The molecule has 0 aromatic heterocycles. The fraction of sp³-hybridized carbons (Fsp3) is 0.270. The lowest BCUT2D eigenvalue weighted by Gasteiger charge is -2.20. The summed E-state index contributed by atoms with van der Waals surface area (Å²) in [5.41, 5.74) is 6.21. The maximum absolute atomic E-state index is 13.3. The summed E-state index contributed by atoms with van der Waals surface area (Å²) in [5.74, 6) is -1.04. The molecule has 0 saturated heterocycles. The van der Waals surface area contributed by atoms with Crippen LogP contribution in [0, 0.1) is 0 Å². The number of nitrogens with one attached hydrogen (secondary N) is 1. The van der Waals surface area contributed by atoms with Crippen molar-refractivity contribution in [3.8, 4) is 11.1 Å². The molecule has 1 aliphatic rings. The quantitative estimate of drug-likeness (QED) is 0.162. The zero-order chi connectivity index (χ0) is 31.1. The zero-order valence-corrected chi connectivity index (χ0v) is 25.2. The molecule has 226 valence electrons. The molecule has 7 nitrogen and oxygen atoms in total. The maximum Gasteiger partial charge on any atom is 0.407 e. The molecule has 0 heterocycles. The fourth-order valence-corrected chi connectivity index (χ4v) is 5.45. The summed E-state index contributed by atoms with van der Waals surface area (Å²) in [6, 6.07) is 31.9. The van der Waals surface area contributed by atoms with Gasteiger partial charge in [0.25, 0.3) is 0 Å². The van der Waals surface area contributed by atoms with E-state index in [0.717, 1.165) is 38.9 Å². The van der Waals surface area contributed by atoms with Gasteiger partial charge in [-0.05, 0) is 59.7 Å². The summed E-state index contributed by atoms with van der Waals surface area (Å²) in [4.78, 5) is 38.8. The van der Waals surface area contributed by atoms with Crippen LogP contribution in [0.1, 0.15) is 54.5 Å².